The van der Waals surface area contributed by atoms with E-state index in [9.17, 15) is 9.00 Å². The zero-order valence-corrected chi connectivity index (χ0v) is 18.6. The van der Waals surface area contributed by atoms with Crippen molar-refractivity contribution in [3.63, 3.8) is 0 Å². The molecule has 2 atom stereocenters. The van der Waals surface area contributed by atoms with Crippen molar-refractivity contribution in [2.24, 2.45) is 0 Å². The Balaban J connectivity index is 2.00. The molecule has 3 nitrogen and oxygen atoms in total. The van der Waals surface area contributed by atoms with Crippen LogP contribution < -0.4 is 4.72 Å². The minimum Gasteiger partial charge on any atom is -0.311 e. The highest BCUT2D eigenvalue weighted by atomic mass is 79.9. The molecule has 3 rings (SSSR count). The van der Waals surface area contributed by atoms with Crippen LogP contribution in [0.4, 0.5) is 0 Å². The van der Waals surface area contributed by atoms with Crippen molar-refractivity contribution >= 4 is 38.3 Å². The molecule has 0 radical (unpaired) electrons. The van der Waals surface area contributed by atoms with E-state index in [1.165, 1.54) is 0 Å². The van der Waals surface area contributed by atoms with Gasteiger partial charge in [-0.05, 0) is 62.1 Å². The first-order valence-corrected chi connectivity index (χ1v) is 11.1. The molecule has 1 aliphatic carbocycles. The van der Waals surface area contributed by atoms with Gasteiger partial charge in [0.1, 0.15) is 11.0 Å². The van der Waals surface area contributed by atoms with E-state index in [-0.39, 0.29) is 11.7 Å². The van der Waals surface area contributed by atoms with Crippen LogP contribution in [0.5, 0.6) is 0 Å². The van der Waals surface area contributed by atoms with E-state index in [0.717, 1.165) is 21.2 Å². The smallest absolute Gasteiger partial charge is 0.184 e. The first-order chi connectivity index (χ1) is 13.3. The van der Waals surface area contributed by atoms with Crippen LogP contribution in [0.3, 0.4) is 0 Å². The fourth-order valence-electron chi connectivity index (χ4n) is 3.11. The van der Waals surface area contributed by atoms with E-state index in [2.05, 4.69) is 20.7 Å². The standard InChI is InChI=1S/C23H24BrNO2S/c1-23(2,3)28(27)25-15-21-20(17-9-11-19(24)12-10-17)13-18(14-22(21)26)16-7-5-4-6-8-16/h4-12,14-15,20,25H,13H2,1-3H3/b21-15-/t20-,28?/m1/s1. The van der Waals surface area contributed by atoms with Gasteiger partial charge in [-0.1, -0.05) is 58.4 Å². The lowest BCUT2D eigenvalue weighted by molar-refractivity contribution is -0.111. The van der Waals surface area contributed by atoms with Crippen LogP contribution in [0, 0.1) is 0 Å². The summed E-state index contributed by atoms with van der Waals surface area (Å²) in [5.74, 6) is -0.137. The Morgan fingerprint density at radius 3 is 2.32 bits per heavy atom. The van der Waals surface area contributed by atoms with Crippen LogP contribution in [0.1, 0.15) is 44.2 Å². The molecular formula is C23H24BrNO2S. The number of halogens is 1. The Labute approximate surface area is 177 Å². The van der Waals surface area contributed by atoms with Gasteiger partial charge in [-0.3, -0.25) is 4.79 Å². The topological polar surface area (TPSA) is 46.2 Å². The third-order valence-corrected chi connectivity index (χ3v) is 6.66. The average Bonchev–Trinajstić information content (AvgIpc) is 2.67. The second-order valence-corrected chi connectivity index (χ2v) is 10.7. The highest BCUT2D eigenvalue weighted by molar-refractivity contribution is 9.10. The summed E-state index contributed by atoms with van der Waals surface area (Å²) in [6, 6.07) is 18.0. The summed E-state index contributed by atoms with van der Waals surface area (Å²) in [4.78, 5) is 13.0. The van der Waals surface area contributed by atoms with E-state index < -0.39 is 15.7 Å². The second-order valence-electron chi connectivity index (χ2n) is 7.81. The van der Waals surface area contributed by atoms with Gasteiger partial charge in [0.15, 0.2) is 5.78 Å². The lowest BCUT2D eigenvalue weighted by atomic mass is 9.78. The number of hydrogen-bond donors (Lipinski definition) is 1. The fraction of sp³-hybridized carbons (Fsp3) is 0.261. The molecule has 5 heteroatoms. The number of rotatable bonds is 4. The number of carbonyl (C=O) groups excluding carboxylic acids is 1. The Kier molecular flexibility index (Phi) is 6.36. The van der Waals surface area contributed by atoms with Gasteiger partial charge in [-0.2, -0.15) is 0 Å². The molecule has 0 spiro atoms. The number of allylic oxidation sites excluding steroid dienone is 3. The molecule has 0 aromatic heterocycles. The molecule has 1 N–H and O–H groups in total. The van der Waals surface area contributed by atoms with Gasteiger partial charge >= 0.3 is 0 Å². The van der Waals surface area contributed by atoms with Crippen LogP contribution >= 0.6 is 15.9 Å². The summed E-state index contributed by atoms with van der Waals surface area (Å²) in [5, 5.41) is 0. The Bertz CT molecular complexity index is 941. The summed E-state index contributed by atoms with van der Waals surface area (Å²) in [6.45, 7) is 5.70. The van der Waals surface area contributed by atoms with Crippen molar-refractivity contribution in [1.29, 1.82) is 0 Å². The van der Waals surface area contributed by atoms with Crippen molar-refractivity contribution < 1.29 is 9.00 Å². The third kappa shape index (κ3) is 4.89. The van der Waals surface area contributed by atoms with E-state index in [1.54, 1.807) is 12.3 Å². The molecule has 0 heterocycles. The maximum Gasteiger partial charge on any atom is 0.184 e. The normalized spacial score (nSPS) is 20.0. The molecule has 0 aliphatic heterocycles. The van der Waals surface area contributed by atoms with Gasteiger partial charge in [0.25, 0.3) is 0 Å². The lowest BCUT2D eigenvalue weighted by Crippen LogP contribution is -2.31. The first-order valence-electron chi connectivity index (χ1n) is 9.19. The van der Waals surface area contributed by atoms with Gasteiger partial charge in [-0.15, -0.1) is 0 Å². The predicted octanol–water partition coefficient (Wildman–Crippen LogP) is 5.52. The number of hydrogen-bond acceptors (Lipinski definition) is 2. The maximum absolute atomic E-state index is 13.0. The minimum atomic E-state index is -1.28. The quantitative estimate of drug-likeness (QED) is 0.613. The Hall–Kier alpha value is -1.98. The van der Waals surface area contributed by atoms with E-state index in [4.69, 9.17) is 0 Å². The molecule has 2 aromatic rings. The molecule has 0 fully saturated rings. The minimum absolute atomic E-state index is 0.0450. The molecule has 1 unspecified atom stereocenters. The molecule has 28 heavy (non-hydrogen) atoms. The highest BCUT2D eigenvalue weighted by Gasteiger charge is 2.29. The van der Waals surface area contributed by atoms with Crippen molar-refractivity contribution in [2.45, 2.75) is 37.9 Å². The number of nitrogens with one attached hydrogen (secondary N) is 1. The Morgan fingerprint density at radius 1 is 1.07 bits per heavy atom. The molecule has 0 saturated heterocycles. The molecule has 146 valence electrons. The zero-order chi connectivity index (χ0) is 20.3. The van der Waals surface area contributed by atoms with Crippen LogP contribution in [0.25, 0.3) is 5.57 Å². The number of benzene rings is 2. The monoisotopic (exact) mass is 457 g/mol. The van der Waals surface area contributed by atoms with Crippen molar-refractivity contribution in [3.05, 3.63) is 88.0 Å². The van der Waals surface area contributed by atoms with E-state index >= 15 is 0 Å². The van der Waals surface area contributed by atoms with Crippen LogP contribution in [-0.4, -0.2) is 14.7 Å². The van der Waals surface area contributed by atoms with Gasteiger partial charge in [-0.25, -0.2) is 4.21 Å². The van der Waals surface area contributed by atoms with Gasteiger partial charge in [0, 0.05) is 22.2 Å². The number of ketones is 1. The van der Waals surface area contributed by atoms with Gasteiger partial charge < -0.3 is 4.72 Å². The SMILES string of the molecule is CC(C)(C)S(=O)N/C=C1\C(=O)C=C(c2ccccc2)C[C@@H]1c1ccc(Br)cc1. The van der Waals surface area contributed by atoms with Crippen LogP contribution in [0.2, 0.25) is 0 Å². The van der Waals surface area contributed by atoms with Crippen LogP contribution in [0.15, 0.2) is 76.9 Å². The second kappa shape index (κ2) is 8.58. The molecule has 2 aromatic carbocycles. The van der Waals surface area contributed by atoms with Crippen molar-refractivity contribution in [2.75, 3.05) is 0 Å². The largest absolute Gasteiger partial charge is 0.311 e. The van der Waals surface area contributed by atoms with Gasteiger partial charge in [0.2, 0.25) is 0 Å². The molecule has 1 aliphatic rings. The summed E-state index contributed by atoms with van der Waals surface area (Å²) in [6.07, 6.45) is 4.07. The summed E-state index contributed by atoms with van der Waals surface area (Å²) in [5.41, 5.74) is 3.78. The third-order valence-electron chi connectivity index (χ3n) is 4.68. The number of carbonyl (C=O) groups is 1. The molecule has 0 amide bonds. The maximum atomic E-state index is 13.0. The summed E-state index contributed by atoms with van der Waals surface area (Å²) < 4.78 is 15.9. The summed E-state index contributed by atoms with van der Waals surface area (Å²) in [7, 11) is -1.28. The first kappa shape index (κ1) is 20.7. The zero-order valence-electron chi connectivity index (χ0n) is 16.2. The Morgan fingerprint density at radius 2 is 1.71 bits per heavy atom. The van der Waals surface area contributed by atoms with Crippen LogP contribution in [-0.2, 0) is 15.8 Å². The summed E-state index contributed by atoms with van der Waals surface area (Å²) >= 11 is 3.47. The predicted molar refractivity (Wildman–Crippen MR) is 120 cm³/mol. The average molecular weight is 458 g/mol. The highest BCUT2D eigenvalue weighted by Crippen LogP contribution is 2.39. The van der Waals surface area contributed by atoms with Crippen molar-refractivity contribution in [3.8, 4) is 0 Å². The van der Waals surface area contributed by atoms with Crippen molar-refractivity contribution in [1.82, 2.24) is 4.72 Å². The van der Waals surface area contributed by atoms with Gasteiger partial charge in [0.05, 0.1) is 4.75 Å². The lowest BCUT2D eigenvalue weighted by Gasteiger charge is -2.26. The fourth-order valence-corrected chi connectivity index (χ4v) is 3.97. The van der Waals surface area contributed by atoms with E-state index in [0.29, 0.717) is 12.0 Å². The molecule has 0 bridgehead atoms. The molecule has 0 saturated carbocycles. The van der Waals surface area contributed by atoms with E-state index in [1.807, 2.05) is 75.4 Å². The molecular weight excluding hydrogens is 434 g/mol.